The Kier molecular flexibility index (Phi) is 33.0. The van der Waals surface area contributed by atoms with Gasteiger partial charge in [-0.1, -0.05) is 168 Å². The zero-order valence-electron chi connectivity index (χ0n) is 35.5. The highest BCUT2D eigenvalue weighted by atomic mass is 16.5. The minimum Gasteiger partial charge on any atom is -0.462 e. The van der Waals surface area contributed by atoms with Gasteiger partial charge in [0.1, 0.15) is 11.9 Å². The van der Waals surface area contributed by atoms with Gasteiger partial charge < -0.3 is 14.4 Å². The van der Waals surface area contributed by atoms with Gasteiger partial charge in [0.15, 0.2) is 0 Å². The van der Waals surface area contributed by atoms with Crippen LogP contribution in [0.5, 0.6) is 0 Å². The largest absolute Gasteiger partial charge is 0.462 e. The fourth-order valence-corrected chi connectivity index (χ4v) is 7.57. The second kappa shape index (κ2) is 35.3. The first-order valence-corrected chi connectivity index (χ1v) is 23.0. The minimum absolute atomic E-state index is 0.0187. The van der Waals surface area contributed by atoms with Gasteiger partial charge in [0.2, 0.25) is 0 Å². The maximum atomic E-state index is 12.8. The number of aliphatic hydroxyl groups excluding tert-OH is 1. The second-order valence-electron chi connectivity index (χ2n) is 16.4. The molecule has 0 aliphatic carbocycles. The van der Waals surface area contributed by atoms with Gasteiger partial charge in [0.25, 0.3) is 0 Å². The smallest absolute Gasteiger partial charge is 0.306 e. The molecule has 1 aromatic rings. The van der Waals surface area contributed by atoms with E-state index in [0.717, 1.165) is 76.7 Å². The molecular weight excluding hydrogens is 643 g/mol. The molecule has 0 radical (unpaired) electrons. The molecular formula is C46H89N3O3. The molecule has 0 aliphatic rings. The summed E-state index contributed by atoms with van der Waals surface area (Å²) in [5.41, 5.74) is 0. The number of aliphatic hydroxyl groups is 1. The predicted octanol–water partition coefficient (Wildman–Crippen LogP) is 13.7. The van der Waals surface area contributed by atoms with Crippen LogP contribution < -0.4 is 0 Å². The van der Waals surface area contributed by atoms with E-state index < -0.39 is 0 Å². The number of carbonyl (C=O) groups excluding carboxylic acids is 1. The highest BCUT2D eigenvalue weighted by molar-refractivity contribution is 5.69. The SMILES string of the molecule is CCCCCCCCCCCCC(O)CN(CCCCCCCC(=O)OC(CCCCCCCC)CCCCCCCC)Cc1nccn1C(C)C. The van der Waals surface area contributed by atoms with Crippen LogP contribution in [-0.2, 0) is 16.1 Å². The van der Waals surface area contributed by atoms with E-state index >= 15 is 0 Å². The van der Waals surface area contributed by atoms with Crippen molar-refractivity contribution in [3.8, 4) is 0 Å². The monoisotopic (exact) mass is 732 g/mol. The molecule has 0 spiro atoms. The number of ether oxygens (including phenoxy) is 1. The number of esters is 1. The normalized spacial score (nSPS) is 12.5. The van der Waals surface area contributed by atoms with Gasteiger partial charge in [0, 0.05) is 31.4 Å². The van der Waals surface area contributed by atoms with Gasteiger partial charge in [-0.15, -0.1) is 0 Å². The zero-order chi connectivity index (χ0) is 37.9. The van der Waals surface area contributed by atoms with E-state index in [-0.39, 0.29) is 18.2 Å². The van der Waals surface area contributed by atoms with Crippen LogP contribution >= 0.6 is 0 Å². The summed E-state index contributed by atoms with van der Waals surface area (Å²) >= 11 is 0. The molecule has 0 bridgehead atoms. The molecule has 52 heavy (non-hydrogen) atoms. The van der Waals surface area contributed by atoms with Crippen molar-refractivity contribution in [1.82, 2.24) is 14.5 Å². The Morgan fingerprint density at radius 3 is 1.60 bits per heavy atom. The standard InChI is InChI=1S/C46H89N3O3/c1-6-9-12-15-18-19-20-21-23-28-33-43(50)40-48(41-45-47-37-39-49(45)42(4)5)38-32-27-22-26-31-36-46(51)52-44(34-29-24-16-13-10-7-2)35-30-25-17-14-11-8-3/h37,39,42-44,50H,6-36,38,40-41H2,1-5H3. The van der Waals surface area contributed by atoms with Crippen LogP contribution in [-0.4, -0.2) is 50.8 Å². The lowest BCUT2D eigenvalue weighted by Crippen LogP contribution is -2.34. The quantitative estimate of drug-likeness (QED) is 0.0539. The average molecular weight is 732 g/mol. The summed E-state index contributed by atoms with van der Waals surface area (Å²) in [7, 11) is 0. The lowest BCUT2D eigenvalue weighted by atomic mass is 10.0. The molecule has 1 atom stereocenters. The number of carbonyl (C=O) groups is 1. The Hall–Kier alpha value is -1.40. The van der Waals surface area contributed by atoms with Crippen LogP contribution in [0.4, 0.5) is 0 Å². The van der Waals surface area contributed by atoms with Gasteiger partial charge in [-0.3, -0.25) is 9.69 Å². The summed E-state index contributed by atoms with van der Waals surface area (Å²) < 4.78 is 8.33. The van der Waals surface area contributed by atoms with Crippen LogP contribution in [0.25, 0.3) is 0 Å². The van der Waals surface area contributed by atoms with Crippen molar-refractivity contribution >= 4 is 5.97 Å². The average Bonchev–Trinajstić information content (AvgIpc) is 3.60. The van der Waals surface area contributed by atoms with Crippen LogP contribution in [0.2, 0.25) is 0 Å². The maximum Gasteiger partial charge on any atom is 0.306 e. The molecule has 1 aromatic heterocycles. The molecule has 0 amide bonds. The number of nitrogens with zero attached hydrogens (tertiary/aromatic N) is 3. The lowest BCUT2D eigenvalue weighted by Gasteiger charge is -2.26. The zero-order valence-corrected chi connectivity index (χ0v) is 35.5. The van der Waals surface area contributed by atoms with E-state index in [1.165, 1.54) is 135 Å². The van der Waals surface area contributed by atoms with Gasteiger partial charge in [0.05, 0.1) is 12.6 Å². The third kappa shape index (κ3) is 28.1. The van der Waals surface area contributed by atoms with Crippen molar-refractivity contribution in [2.75, 3.05) is 13.1 Å². The molecule has 1 unspecified atom stereocenters. The van der Waals surface area contributed by atoms with Crippen LogP contribution in [0.15, 0.2) is 12.4 Å². The second-order valence-corrected chi connectivity index (χ2v) is 16.4. The Morgan fingerprint density at radius 1 is 0.654 bits per heavy atom. The molecule has 0 fully saturated rings. The number of hydrogen-bond acceptors (Lipinski definition) is 5. The summed E-state index contributed by atoms with van der Waals surface area (Å²) in [6, 6.07) is 0.379. The van der Waals surface area contributed by atoms with Crippen molar-refractivity contribution in [2.24, 2.45) is 0 Å². The van der Waals surface area contributed by atoms with E-state index in [9.17, 15) is 9.90 Å². The number of rotatable bonds is 39. The fourth-order valence-electron chi connectivity index (χ4n) is 7.57. The third-order valence-electron chi connectivity index (χ3n) is 10.9. The van der Waals surface area contributed by atoms with Crippen LogP contribution in [0.1, 0.15) is 246 Å². The van der Waals surface area contributed by atoms with Crippen molar-refractivity contribution < 1.29 is 14.6 Å². The molecule has 6 heteroatoms. The van der Waals surface area contributed by atoms with Crippen molar-refractivity contribution in [3.05, 3.63) is 18.2 Å². The molecule has 306 valence electrons. The van der Waals surface area contributed by atoms with Gasteiger partial charge in [-0.05, 0) is 65.3 Å². The van der Waals surface area contributed by atoms with Gasteiger partial charge in [-0.2, -0.15) is 0 Å². The van der Waals surface area contributed by atoms with E-state index in [1.807, 2.05) is 6.20 Å². The first-order valence-electron chi connectivity index (χ1n) is 23.0. The summed E-state index contributed by atoms with van der Waals surface area (Å²) in [5, 5.41) is 11.0. The first-order chi connectivity index (χ1) is 25.4. The molecule has 0 saturated heterocycles. The van der Waals surface area contributed by atoms with Crippen LogP contribution in [0.3, 0.4) is 0 Å². The maximum absolute atomic E-state index is 12.8. The van der Waals surface area contributed by atoms with E-state index in [1.54, 1.807) is 0 Å². The molecule has 0 aromatic carbocycles. The third-order valence-corrected chi connectivity index (χ3v) is 10.9. The Balaban J connectivity index is 2.40. The highest BCUT2D eigenvalue weighted by Crippen LogP contribution is 2.19. The Bertz CT molecular complexity index is 887. The Labute approximate surface area is 324 Å². The molecule has 0 saturated carbocycles. The molecule has 1 rings (SSSR count). The molecule has 0 aliphatic heterocycles. The number of aromatic nitrogens is 2. The van der Waals surface area contributed by atoms with Crippen LogP contribution in [0, 0.1) is 0 Å². The van der Waals surface area contributed by atoms with E-state index in [0.29, 0.717) is 19.0 Å². The molecule has 1 heterocycles. The topological polar surface area (TPSA) is 67.6 Å². The fraction of sp³-hybridized carbons (Fsp3) is 0.913. The van der Waals surface area contributed by atoms with Crippen molar-refractivity contribution in [3.63, 3.8) is 0 Å². The van der Waals surface area contributed by atoms with E-state index in [4.69, 9.17) is 4.74 Å². The van der Waals surface area contributed by atoms with Crippen molar-refractivity contribution in [2.45, 2.75) is 258 Å². The molecule has 6 nitrogen and oxygen atoms in total. The summed E-state index contributed by atoms with van der Waals surface area (Å²) in [4.78, 5) is 19.9. The lowest BCUT2D eigenvalue weighted by molar-refractivity contribution is -0.150. The number of imidazole rings is 1. The first kappa shape index (κ1) is 48.6. The van der Waals surface area contributed by atoms with E-state index in [2.05, 4.69) is 55.3 Å². The number of unbranched alkanes of at least 4 members (excludes halogenated alkanes) is 23. The van der Waals surface area contributed by atoms with Crippen molar-refractivity contribution in [1.29, 1.82) is 0 Å². The van der Waals surface area contributed by atoms with Gasteiger partial charge >= 0.3 is 5.97 Å². The predicted molar refractivity (Wildman–Crippen MR) is 224 cm³/mol. The highest BCUT2D eigenvalue weighted by Gasteiger charge is 2.17. The number of hydrogen-bond donors (Lipinski definition) is 1. The summed E-state index contributed by atoms with van der Waals surface area (Å²) in [5.74, 6) is 1.11. The Morgan fingerprint density at radius 2 is 1.10 bits per heavy atom. The summed E-state index contributed by atoms with van der Waals surface area (Å²) in [6.45, 7) is 13.7. The minimum atomic E-state index is -0.284. The van der Waals surface area contributed by atoms with Gasteiger partial charge in [-0.25, -0.2) is 4.98 Å². The summed E-state index contributed by atoms with van der Waals surface area (Å²) in [6.07, 6.45) is 41.4. The molecule has 1 N–H and O–H groups in total.